The molecule has 5 heteroatoms. The molecule has 1 aromatic rings. The molecule has 1 aliphatic heterocycles. The first-order valence-corrected chi connectivity index (χ1v) is 7.78. The van der Waals surface area contributed by atoms with Crippen molar-refractivity contribution in [1.29, 1.82) is 0 Å². The van der Waals surface area contributed by atoms with Crippen LogP contribution in [0.5, 0.6) is 5.75 Å². The Labute approximate surface area is 130 Å². The number of nitrogens with zero attached hydrogens (tertiary/aromatic N) is 3. The van der Waals surface area contributed by atoms with Gasteiger partial charge in [-0.2, -0.15) is 5.11 Å². The van der Waals surface area contributed by atoms with E-state index in [9.17, 15) is 0 Å². The van der Waals surface area contributed by atoms with E-state index in [1.165, 1.54) is 25.7 Å². The van der Waals surface area contributed by atoms with E-state index in [1.807, 2.05) is 35.2 Å². The van der Waals surface area contributed by atoms with Crippen LogP contribution in [0.25, 0.3) is 0 Å². The number of hydrogen-bond donors (Lipinski definition) is 0. The summed E-state index contributed by atoms with van der Waals surface area (Å²) < 4.78 is 5.98. The maximum absolute atomic E-state index is 5.98. The van der Waals surface area contributed by atoms with Gasteiger partial charge in [0.25, 0.3) is 0 Å². The molecule has 21 heavy (non-hydrogen) atoms. The molecule has 0 spiro atoms. The van der Waals surface area contributed by atoms with Gasteiger partial charge in [-0.25, -0.2) is 0 Å². The van der Waals surface area contributed by atoms with Gasteiger partial charge in [0, 0.05) is 6.54 Å². The molecule has 0 N–H and O–H groups in total. The molecule has 110 valence electrons. The summed E-state index contributed by atoms with van der Waals surface area (Å²) in [7, 11) is 0. The normalized spacial score (nSPS) is 22.0. The fraction of sp³-hybridized carbons (Fsp3) is 0.438. The summed E-state index contributed by atoms with van der Waals surface area (Å²) in [5.41, 5.74) is 1.07. The molecule has 1 aliphatic carbocycles. The third-order valence-corrected chi connectivity index (χ3v) is 4.22. The number of benzene rings is 1. The van der Waals surface area contributed by atoms with Crippen molar-refractivity contribution in [2.75, 3.05) is 6.54 Å². The number of rotatable bonds is 5. The second kappa shape index (κ2) is 6.35. The van der Waals surface area contributed by atoms with Crippen LogP contribution < -0.4 is 4.74 Å². The Hall–Kier alpha value is -1.75. The van der Waals surface area contributed by atoms with Crippen LogP contribution in [0.4, 0.5) is 0 Å². The van der Waals surface area contributed by atoms with Gasteiger partial charge < -0.3 is 9.64 Å². The van der Waals surface area contributed by atoms with E-state index >= 15 is 0 Å². The van der Waals surface area contributed by atoms with E-state index in [4.69, 9.17) is 17.0 Å². The Morgan fingerprint density at radius 2 is 2.00 bits per heavy atom. The van der Waals surface area contributed by atoms with Gasteiger partial charge >= 0.3 is 0 Å². The van der Waals surface area contributed by atoms with E-state index in [1.54, 1.807) is 0 Å². The van der Waals surface area contributed by atoms with Gasteiger partial charge in [-0.15, -0.1) is 11.7 Å². The molecule has 4 nitrogen and oxygen atoms in total. The van der Waals surface area contributed by atoms with Gasteiger partial charge in [-0.3, -0.25) is 0 Å². The van der Waals surface area contributed by atoms with Crippen LogP contribution in [0, 0.1) is 0 Å². The van der Waals surface area contributed by atoms with Crippen LogP contribution in [0.3, 0.4) is 0 Å². The van der Waals surface area contributed by atoms with Crippen LogP contribution >= 0.6 is 12.2 Å². The van der Waals surface area contributed by atoms with Crippen LogP contribution in [0.2, 0.25) is 0 Å². The molecular formula is C16H19N3OS. The lowest BCUT2D eigenvalue weighted by atomic mass is 10.1. The second-order valence-electron chi connectivity index (χ2n) is 5.41. The molecule has 1 fully saturated rings. The standard InChI is InChI=1S/C16H19N3OS/c1-2-11-19-15(17-18-16(19)21)12-7-9-14(10-8-12)20-13-5-3-4-6-13/h2,7-10,13,15H,1,3-6,11H2. The second-order valence-corrected chi connectivity index (χ2v) is 5.77. The van der Waals surface area contributed by atoms with E-state index in [2.05, 4.69) is 16.8 Å². The summed E-state index contributed by atoms with van der Waals surface area (Å²) in [5.74, 6) is 0.929. The molecule has 1 aromatic carbocycles. The van der Waals surface area contributed by atoms with Gasteiger partial charge in [0.05, 0.1) is 6.10 Å². The predicted octanol–water partition coefficient (Wildman–Crippen LogP) is 4.25. The summed E-state index contributed by atoms with van der Waals surface area (Å²) in [6, 6.07) is 8.10. The lowest BCUT2D eigenvalue weighted by Gasteiger charge is -2.22. The maximum Gasteiger partial charge on any atom is 0.218 e. The zero-order valence-corrected chi connectivity index (χ0v) is 12.8. The maximum atomic E-state index is 5.98. The summed E-state index contributed by atoms with van der Waals surface area (Å²) >= 11 is 5.20. The average Bonchev–Trinajstić information content (AvgIpc) is 3.12. The summed E-state index contributed by atoms with van der Waals surface area (Å²) in [6.07, 6.45) is 6.94. The lowest BCUT2D eigenvalue weighted by molar-refractivity contribution is 0.210. The SMILES string of the molecule is C=CCN1C(=S)N=NC1c1ccc(OC2CCCC2)cc1. The first kappa shape index (κ1) is 14.2. The Morgan fingerprint density at radius 3 is 2.67 bits per heavy atom. The van der Waals surface area contributed by atoms with Crippen molar-refractivity contribution >= 4 is 17.3 Å². The Morgan fingerprint density at radius 1 is 1.29 bits per heavy atom. The van der Waals surface area contributed by atoms with Crippen molar-refractivity contribution in [2.45, 2.75) is 38.0 Å². The predicted molar refractivity (Wildman–Crippen MR) is 86.4 cm³/mol. The van der Waals surface area contributed by atoms with E-state index in [0.717, 1.165) is 11.3 Å². The molecule has 0 bridgehead atoms. The highest BCUT2D eigenvalue weighted by atomic mass is 32.1. The van der Waals surface area contributed by atoms with Crippen molar-refractivity contribution < 1.29 is 4.74 Å². The van der Waals surface area contributed by atoms with Gasteiger partial charge in [0.2, 0.25) is 5.11 Å². The summed E-state index contributed by atoms with van der Waals surface area (Å²) in [5, 5.41) is 8.76. The largest absolute Gasteiger partial charge is 0.490 e. The average molecular weight is 301 g/mol. The minimum absolute atomic E-state index is 0.143. The van der Waals surface area contributed by atoms with Gasteiger partial charge in [-0.05, 0) is 55.6 Å². The van der Waals surface area contributed by atoms with E-state index in [-0.39, 0.29) is 6.17 Å². The molecule has 3 rings (SSSR count). The Bertz CT molecular complexity index is 549. The molecule has 1 heterocycles. The zero-order valence-electron chi connectivity index (χ0n) is 11.9. The van der Waals surface area contributed by atoms with Crippen molar-refractivity contribution in [1.82, 2.24) is 4.90 Å². The summed E-state index contributed by atoms with van der Waals surface area (Å²) in [4.78, 5) is 1.95. The molecule has 1 atom stereocenters. The van der Waals surface area contributed by atoms with Crippen LogP contribution in [0.15, 0.2) is 47.1 Å². The number of hydrogen-bond acceptors (Lipinski definition) is 3. The van der Waals surface area contributed by atoms with Crippen molar-refractivity contribution in [2.24, 2.45) is 10.2 Å². The molecule has 0 aromatic heterocycles. The molecule has 1 saturated carbocycles. The fourth-order valence-corrected chi connectivity index (χ4v) is 3.03. The van der Waals surface area contributed by atoms with Crippen molar-refractivity contribution in [3.8, 4) is 5.75 Å². The highest BCUT2D eigenvalue weighted by molar-refractivity contribution is 7.80. The molecule has 0 radical (unpaired) electrons. The van der Waals surface area contributed by atoms with Crippen LogP contribution in [0.1, 0.15) is 37.4 Å². The third kappa shape index (κ3) is 3.13. The van der Waals surface area contributed by atoms with Crippen LogP contribution in [-0.2, 0) is 0 Å². The zero-order chi connectivity index (χ0) is 14.7. The number of thiocarbonyl (C=S) groups is 1. The number of ether oxygens (including phenoxy) is 1. The van der Waals surface area contributed by atoms with Gasteiger partial charge in [0.15, 0.2) is 6.17 Å². The molecule has 2 aliphatic rings. The minimum atomic E-state index is -0.143. The van der Waals surface area contributed by atoms with Crippen molar-refractivity contribution in [3.05, 3.63) is 42.5 Å². The molecule has 0 amide bonds. The quantitative estimate of drug-likeness (QED) is 0.603. The van der Waals surface area contributed by atoms with Crippen molar-refractivity contribution in [3.63, 3.8) is 0 Å². The van der Waals surface area contributed by atoms with E-state index < -0.39 is 0 Å². The first-order chi connectivity index (χ1) is 10.3. The Kier molecular flexibility index (Phi) is 4.29. The van der Waals surface area contributed by atoms with Crippen LogP contribution in [-0.4, -0.2) is 22.7 Å². The number of azo groups is 1. The minimum Gasteiger partial charge on any atom is -0.490 e. The van der Waals surface area contributed by atoms with Gasteiger partial charge in [-0.1, -0.05) is 18.2 Å². The highest BCUT2D eigenvalue weighted by Gasteiger charge is 2.26. The summed E-state index contributed by atoms with van der Waals surface area (Å²) in [6.45, 7) is 4.40. The molecule has 1 unspecified atom stereocenters. The Balaban J connectivity index is 1.69. The smallest absolute Gasteiger partial charge is 0.218 e. The van der Waals surface area contributed by atoms with E-state index in [0.29, 0.717) is 17.8 Å². The highest BCUT2D eigenvalue weighted by Crippen LogP contribution is 2.30. The monoisotopic (exact) mass is 301 g/mol. The van der Waals surface area contributed by atoms with Gasteiger partial charge in [0.1, 0.15) is 5.75 Å². The fourth-order valence-electron chi connectivity index (χ4n) is 2.81. The lowest BCUT2D eigenvalue weighted by Crippen LogP contribution is -2.27. The topological polar surface area (TPSA) is 37.2 Å². The first-order valence-electron chi connectivity index (χ1n) is 7.37. The third-order valence-electron chi connectivity index (χ3n) is 3.90. The molecular weight excluding hydrogens is 282 g/mol. The molecule has 0 saturated heterocycles.